The van der Waals surface area contributed by atoms with Gasteiger partial charge in [0.05, 0.1) is 24.6 Å². The molecule has 0 fully saturated rings. The fourth-order valence-electron chi connectivity index (χ4n) is 2.33. The number of aromatic nitrogens is 3. The summed E-state index contributed by atoms with van der Waals surface area (Å²) in [5.41, 5.74) is 2.41. The molecule has 0 aliphatic rings. The van der Waals surface area contributed by atoms with Gasteiger partial charge in [-0.25, -0.2) is 4.52 Å². The number of pyridine rings is 1. The standard InChI is InChI=1S/C16H12N4O2S/c21-15(9-12-3-2-8-23-12)18-16-17-14-5-1-4-13(20(14)19-16)11-6-7-22-10-11/h1-8,10H,9H2,(H,18,19,21). The highest BCUT2D eigenvalue weighted by atomic mass is 32.1. The lowest BCUT2D eigenvalue weighted by Crippen LogP contribution is -2.14. The molecule has 4 rings (SSSR count). The Labute approximate surface area is 135 Å². The van der Waals surface area contributed by atoms with Crippen LogP contribution in [0.3, 0.4) is 0 Å². The van der Waals surface area contributed by atoms with Crippen LogP contribution in [0, 0.1) is 0 Å². The maximum absolute atomic E-state index is 12.1. The second kappa shape index (κ2) is 5.69. The van der Waals surface area contributed by atoms with Gasteiger partial charge in [-0.05, 0) is 29.6 Å². The monoisotopic (exact) mass is 324 g/mol. The number of anilines is 1. The SMILES string of the molecule is O=C(Cc1cccs1)Nc1nc2cccc(-c3ccoc3)n2n1. The second-order valence-corrected chi connectivity index (χ2v) is 5.97. The number of furan rings is 1. The van der Waals surface area contributed by atoms with Crippen LogP contribution in [0.5, 0.6) is 0 Å². The summed E-state index contributed by atoms with van der Waals surface area (Å²) in [6.07, 6.45) is 3.57. The smallest absolute Gasteiger partial charge is 0.249 e. The molecule has 4 aromatic heterocycles. The van der Waals surface area contributed by atoms with Crippen molar-refractivity contribution in [3.05, 3.63) is 59.2 Å². The Morgan fingerprint density at radius 3 is 3.00 bits per heavy atom. The van der Waals surface area contributed by atoms with E-state index in [-0.39, 0.29) is 5.91 Å². The van der Waals surface area contributed by atoms with Gasteiger partial charge >= 0.3 is 0 Å². The average Bonchev–Trinajstić information content (AvgIpc) is 3.27. The van der Waals surface area contributed by atoms with Crippen molar-refractivity contribution < 1.29 is 9.21 Å². The first kappa shape index (κ1) is 13.7. The molecule has 4 aromatic rings. The zero-order chi connectivity index (χ0) is 15.6. The first-order chi connectivity index (χ1) is 11.3. The molecule has 0 unspecified atom stereocenters. The van der Waals surface area contributed by atoms with E-state index >= 15 is 0 Å². The highest BCUT2D eigenvalue weighted by Crippen LogP contribution is 2.21. The predicted molar refractivity (Wildman–Crippen MR) is 87.3 cm³/mol. The number of fused-ring (bicyclic) bond motifs is 1. The lowest BCUT2D eigenvalue weighted by atomic mass is 10.2. The van der Waals surface area contributed by atoms with Crippen molar-refractivity contribution in [1.82, 2.24) is 14.6 Å². The molecule has 1 amide bonds. The number of rotatable bonds is 4. The van der Waals surface area contributed by atoms with E-state index in [2.05, 4.69) is 15.4 Å². The normalized spacial score (nSPS) is 11.0. The van der Waals surface area contributed by atoms with Crippen molar-refractivity contribution in [3.8, 4) is 11.3 Å². The first-order valence-electron chi connectivity index (χ1n) is 7.00. The molecule has 0 spiro atoms. The molecule has 0 radical (unpaired) electrons. The van der Waals surface area contributed by atoms with Crippen LogP contribution in [0.4, 0.5) is 5.95 Å². The van der Waals surface area contributed by atoms with Gasteiger partial charge in [-0.1, -0.05) is 12.1 Å². The Bertz CT molecular complexity index is 942. The van der Waals surface area contributed by atoms with E-state index in [1.165, 1.54) is 0 Å². The Morgan fingerprint density at radius 2 is 2.22 bits per heavy atom. The molecule has 6 nitrogen and oxygen atoms in total. The summed E-state index contributed by atoms with van der Waals surface area (Å²) < 4.78 is 6.80. The van der Waals surface area contributed by atoms with E-state index in [4.69, 9.17) is 4.42 Å². The summed E-state index contributed by atoms with van der Waals surface area (Å²) in [7, 11) is 0. The minimum absolute atomic E-state index is 0.131. The third kappa shape index (κ3) is 2.74. The first-order valence-corrected chi connectivity index (χ1v) is 7.88. The van der Waals surface area contributed by atoms with E-state index in [0.717, 1.165) is 16.1 Å². The van der Waals surface area contributed by atoms with Crippen molar-refractivity contribution in [2.75, 3.05) is 5.32 Å². The summed E-state index contributed by atoms with van der Waals surface area (Å²) in [6, 6.07) is 11.4. The van der Waals surface area contributed by atoms with Crippen LogP contribution in [0.25, 0.3) is 16.9 Å². The van der Waals surface area contributed by atoms with Crippen molar-refractivity contribution in [1.29, 1.82) is 0 Å². The fourth-order valence-corrected chi connectivity index (χ4v) is 3.03. The van der Waals surface area contributed by atoms with Crippen LogP contribution in [-0.2, 0) is 11.2 Å². The Morgan fingerprint density at radius 1 is 1.26 bits per heavy atom. The van der Waals surface area contributed by atoms with E-state index in [0.29, 0.717) is 18.0 Å². The maximum atomic E-state index is 12.1. The molecule has 23 heavy (non-hydrogen) atoms. The Balaban J connectivity index is 1.62. The molecule has 4 heterocycles. The van der Waals surface area contributed by atoms with Gasteiger partial charge in [-0.3, -0.25) is 10.1 Å². The minimum atomic E-state index is -0.131. The molecule has 7 heteroatoms. The van der Waals surface area contributed by atoms with Crippen molar-refractivity contribution in [2.45, 2.75) is 6.42 Å². The van der Waals surface area contributed by atoms with Crippen LogP contribution in [0.15, 0.2) is 58.7 Å². The predicted octanol–water partition coefficient (Wildman–Crippen LogP) is 3.23. The van der Waals surface area contributed by atoms with Gasteiger partial charge < -0.3 is 4.42 Å². The van der Waals surface area contributed by atoms with Gasteiger partial charge in [-0.15, -0.1) is 16.4 Å². The molecular weight excluding hydrogens is 312 g/mol. The summed E-state index contributed by atoms with van der Waals surface area (Å²) in [4.78, 5) is 17.4. The highest BCUT2D eigenvalue weighted by molar-refractivity contribution is 7.10. The third-order valence-corrected chi connectivity index (χ3v) is 4.22. The zero-order valence-corrected chi connectivity index (χ0v) is 12.8. The van der Waals surface area contributed by atoms with Gasteiger partial charge in [-0.2, -0.15) is 4.98 Å². The average molecular weight is 324 g/mol. The molecule has 0 saturated carbocycles. The number of nitrogens with one attached hydrogen (secondary N) is 1. The van der Waals surface area contributed by atoms with Gasteiger partial charge in [0, 0.05) is 10.4 Å². The van der Waals surface area contributed by atoms with E-state index in [9.17, 15) is 4.79 Å². The molecular formula is C16H12N4O2S. The topological polar surface area (TPSA) is 72.4 Å². The Kier molecular flexibility index (Phi) is 3.39. The van der Waals surface area contributed by atoms with E-state index in [1.807, 2.05) is 41.8 Å². The number of nitrogens with zero attached hydrogens (tertiary/aromatic N) is 3. The number of hydrogen-bond donors (Lipinski definition) is 1. The highest BCUT2D eigenvalue weighted by Gasteiger charge is 2.12. The number of hydrogen-bond acceptors (Lipinski definition) is 5. The second-order valence-electron chi connectivity index (χ2n) is 4.93. The fraction of sp³-hybridized carbons (Fsp3) is 0.0625. The Hall–Kier alpha value is -2.93. The van der Waals surface area contributed by atoms with Crippen molar-refractivity contribution >= 4 is 28.8 Å². The van der Waals surface area contributed by atoms with Crippen LogP contribution < -0.4 is 5.32 Å². The number of thiophene rings is 1. The maximum Gasteiger partial charge on any atom is 0.249 e. The van der Waals surface area contributed by atoms with Gasteiger partial charge in [0.15, 0.2) is 5.65 Å². The van der Waals surface area contributed by atoms with Gasteiger partial charge in [0.25, 0.3) is 0 Å². The molecule has 0 bridgehead atoms. The van der Waals surface area contributed by atoms with Crippen LogP contribution >= 0.6 is 11.3 Å². The van der Waals surface area contributed by atoms with Crippen LogP contribution in [0.2, 0.25) is 0 Å². The van der Waals surface area contributed by atoms with E-state index < -0.39 is 0 Å². The largest absolute Gasteiger partial charge is 0.472 e. The summed E-state index contributed by atoms with van der Waals surface area (Å²) >= 11 is 1.55. The van der Waals surface area contributed by atoms with Crippen molar-refractivity contribution in [3.63, 3.8) is 0 Å². The summed E-state index contributed by atoms with van der Waals surface area (Å²) in [6.45, 7) is 0. The number of carbonyl (C=O) groups is 1. The van der Waals surface area contributed by atoms with Crippen LogP contribution in [0.1, 0.15) is 4.88 Å². The quantitative estimate of drug-likeness (QED) is 0.625. The summed E-state index contributed by atoms with van der Waals surface area (Å²) in [5, 5.41) is 9.06. The number of carbonyl (C=O) groups excluding carboxylic acids is 1. The number of amides is 1. The van der Waals surface area contributed by atoms with Gasteiger partial charge in [0.2, 0.25) is 11.9 Å². The molecule has 0 aliphatic carbocycles. The van der Waals surface area contributed by atoms with Gasteiger partial charge in [0.1, 0.15) is 0 Å². The lowest BCUT2D eigenvalue weighted by Gasteiger charge is -2.00. The van der Waals surface area contributed by atoms with Crippen molar-refractivity contribution in [2.24, 2.45) is 0 Å². The molecule has 0 aliphatic heterocycles. The molecule has 0 atom stereocenters. The lowest BCUT2D eigenvalue weighted by molar-refractivity contribution is -0.115. The summed E-state index contributed by atoms with van der Waals surface area (Å²) in [5.74, 6) is 0.163. The van der Waals surface area contributed by atoms with Crippen LogP contribution in [-0.4, -0.2) is 20.5 Å². The molecule has 114 valence electrons. The third-order valence-electron chi connectivity index (χ3n) is 3.34. The molecule has 0 saturated heterocycles. The molecule has 0 aromatic carbocycles. The molecule has 1 N–H and O–H groups in total. The minimum Gasteiger partial charge on any atom is -0.472 e. The zero-order valence-electron chi connectivity index (χ0n) is 12.0. The van der Waals surface area contributed by atoms with E-state index in [1.54, 1.807) is 28.4 Å².